The van der Waals surface area contributed by atoms with Crippen LogP contribution >= 0.6 is 0 Å². The minimum Gasteiger partial charge on any atom is -0.508 e. The van der Waals surface area contributed by atoms with E-state index in [0.717, 1.165) is 16.7 Å². The van der Waals surface area contributed by atoms with E-state index in [1.165, 1.54) is 0 Å². The van der Waals surface area contributed by atoms with Crippen LogP contribution in [-0.2, 0) is 24.1 Å². The molecule has 0 spiro atoms. The van der Waals surface area contributed by atoms with Crippen LogP contribution in [0.1, 0.15) is 16.7 Å². The van der Waals surface area contributed by atoms with Crippen molar-refractivity contribution < 1.29 is 14.6 Å². The molecule has 0 bridgehead atoms. The number of benzene rings is 1. The van der Waals surface area contributed by atoms with E-state index in [9.17, 15) is 9.90 Å². The summed E-state index contributed by atoms with van der Waals surface area (Å²) in [6, 6.07) is 1.65. The van der Waals surface area contributed by atoms with Gasteiger partial charge in [-0.15, -0.1) is 0 Å². The van der Waals surface area contributed by atoms with E-state index in [4.69, 9.17) is 10.5 Å². The lowest BCUT2D eigenvalue weighted by molar-refractivity contribution is -0.131. The molecule has 1 atom stereocenters. The number of fused-ring (bicyclic) bond motifs is 3. The lowest BCUT2D eigenvalue weighted by Crippen LogP contribution is -2.19. The zero-order valence-corrected chi connectivity index (χ0v) is 8.12. The molecular weight excluding hydrogens is 194 g/mol. The second-order valence-electron chi connectivity index (χ2n) is 4.16. The molecule has 1 unspecified atom stereocenters. The molecule has 1 aliphatic carbocycles. The number of ether oxygens (including phenoxy) is 1. The Morgan fingerprint density at radius 1 is 1.40 bits per heavy atom. The Kier molecular flexibility index (Phi) is 1.59. The highest BCUT2D eigenvalue weighted by Crippen LogP contribution is 2.41. The fourth-order valence-electron chi connectivity index (χ4n) is 2.41. The molecule has 1 aromatic carbocycles. The highest BCUT2D eigenvalue weighted by Gasteiger charge is 2.32. The first-order valence-electron chi connectivity index (χ1n) is 4.98. The number of phenolic OH excluding ortho intramolecular Hbond substituents is 1. The first-order chi connectivity index (χ1) is 7.15. The summed E-state index contributed by atoms with van der Waals surface area (Å²) in [7, 11) is 0. The van der Waals surface area contributed by atoms with E-state index >= 15 is 0 Å². The van der Waals surface area contributed by atoms with E-state index in [2.05, 4.69) is 0 Å². The Morgan fingerprint density at radius 3 is 2.93 bits per heavy atom. The molecule has 0 radical (unpaired) electrons. The van der Waals surface area contributed by atoms with Crippen LogP contribution in [0.2, 0.25) is 0 Å². The molecular formula is C11H11NO3. The lowest BCUT2D eigenvalue weighted by atomic mass is 10.0. The van der Waals surface area contributed by atoms with Gasteiger partial charge in [0.05, 0.1) is 6.42 Å². The predicted octanol–water partition coefficient (Wildman–Crippen LogP) is 0.280. The van der Waals surface area contributed by atoms with Crippen molar-refractivity contribution in [3.05, 3.63) is 22.8 Å². The summed E-state index contributed by atoms with van der Waals surface area (Å²) in [5.74, 6) is 0.633. The number of carbonyl (C=O) groups is 1. The van der Waals surface area contributed by atoms with Gasteiger partial charge in [-0.1, -0.05) is 0 Å². The average Bonchev–Trinajstić information content (AvgIpc) is 2.68. The summed E-state index contributed by atoms with van der Waals surface area (Å²) in [6.45, 7) is 0. The fourth-order valence-corrected chi connectivity index (χ4v) is 2.41. The van der Waals surface area contributed by atoms with Gasteiger partial charge in [-0.3, -0.25) is 4.79 Å². The standard InChI is InChI=1S/C11H11NO3/c12-6-3-7-8(4-6)11-5(1-9(7)13)2-10(14)15-11/h1,6,13H,2-4,12H2. The SMILES string of the molecule is NC1Cc2c(O)cc3c(c2C1)OC(=O)C3. The zero-order chi connectivity index (χ0) is 10.6. The Labute approximate surface area is 86.7 Å². The number of nitrogens with two attached hydrogens (primary N) is 1. The number of phenols is 1. The monoisotopic (exact) mass is 205 g/mol. The molecule has 0 fully saturated rings. The average molecular weight is 205 g/mol. The lowest BCUT2D eigenvalue weighted by Gasteiger charge is -2.06. The molecule has 1 aromatic rings. The van der Waals surface area contributed by atoms with Gasteiger partial charge in [0.25, 0.3) is 0 Å². The van der Waals surface area contributed by atoms with Gasteiger partial charge in [0, 0.05) is 22.7 Å². The number of rotatable bonds is 0. The summed E-state index contributed by atoms with van der Waals surface area (Å²) in [5, 5.41) is 9.78. The van der Waals surface area contributed by atoms with E-state index < -0.39 is 0 Å². The van der Waals surface area contributed by atoms with Crippen molar-refractivity contribution in [1.29, 1.82) is 0 Å². The molecule has 4 nitrogen and oxygen atoms in total. The molecule has 1 heterocycles. The molecule has 3 N–H and O–H groups in total. The van der Waals surface area contributed by atoms with Crippen LogP contribution in [0.3, 0.4) is 0 Å². The maximum Gasteiger partial charge on any atom is 0.315 e. The Morgan fingerprint density at radius 2 is 2.13 bits per heavy atom. The van der Waals surface area contributed by atoms with Gasteiger partial charge in [0.2, 0.25) is 0 Å². The number of carbonyl (C=O) groups excluding carboxylic acids is 1. The normalized spacial score (nSPS) is 22.5. The number of aromatic hydroxyl groups is 1. The second kappa shape index (κ2) is 2.73. The van der Waals surface area contributed by atoms with Crippen molar-refractivity contribution in [3.8, 4) is 11.5 Å². The minimum absolute atomic E-state index is 0.0247. The molecule has 4 heteroatoms. The topological polar surface area (TPSA) is 72.6 Å². The Hall–Kier alpha value is -1.55. The molecule has 78 valence electrons. The first-order valence-corrected chi connectivity index (χ1v) is 4.98. The summed E-state index contributed by atoms with van der Waals surface area (Å²) < 4.78 is 5.15. The van der Waals surface area contributed by atoms with Gasteiger partial charge in [-0.25, -0.2) is 0 Å². The van der Waals surface area contributed by atoms with Gasteiger partial charge in [-0.2, -0.15) is 0 Å². The summed E-state index contributed by atoms with van der Waals surface area (Å²) in [4.78, 5) is 11.2. The van der Waals surface area contributed by atoms with Crippen LogP contribution in [0.15, 0.2) is 6.07 Å². The molecule has 2 aliphatic rings. The van der Waals surface area contributed by atoms with Crippen LogP contribution in [-0.4, -0.2) is 17.1 Å². The third kappa shape index (κ3) is 1.15. The van der Waals surface area contributed by atoms with Crippen molar-refractivity contribution in [2.45, 2.75) is 25.3 Å². The number of esters is 1. The Balaban J connectivity index is 2.21. The van der Waals surface area contributed by atoms with Crippen molar-refractivity contribution in [2.24, 2.45) is 5.73 Å². The van der Waals surface area contributed by atoms with E-state index in [-0.39, 0.29) is 24.2 Å². The zero-order valence-electron chi connectivity index (χ0n) is 8.12. The first kappa shape index (κ1) is 8.73. The molecule has 0 aromatic heterocycles. The van der Waals surface area contributed by atoms with Gasteiger partial charge in [0.1, 0.15) is 11.5 Å². The smallest absolute Gasteiger partial charge is 0.315 e. The van der Waals surface area contributed by atoms with Gasteiger partial charge in [-0.05, 0) is 18.9 Å². The highest BCUT2D eigenvalue weighted by molar-refractivity contribution is 5.83. The van der Waals surface area contributed by atoms with Crippen LogP contribution in [0.5, 0.6) is 11.5 Å². The van der Waals surface area contributed by atoms with Crippen molar-refractivity contribution in [1.82, 2.24) is 0 Å². The molecule has 15 heavy (non-hydrogen) atoms. The molecule has 0 saturated carbocycles. The van der Waals surface area contributed by atoms with Gasteiger partial charge in [0.15, 0.2) is 0 Å². The summed E-state index contributed by atoms with van der Waals surface area (Å²) >= 11 is 0. The molecule has 0 amide bonds. The summed E-state index contributed by atoms with van der Waals surface area (Å²) in [5.41, 5.74) is 8.38. The van der Waals surface area contributed by atoms with Crippen molar-refractivity contribution >= 4 is 5.97 Å². The summed E-state index contributed by atoms with van der Waals surface area (Å²) in [6.07, 6.45) is 1.59. The third-order valence-corrected chi connectivity index (χ3v) is 3.03. The van der Waals surface area contributed by atoms with Crippen molar-refractivity contribution in [3.63, 3.8) is 0 Å². The highest BCUT2D eigenvalue weighted by atomic mass is 16.5. The van der Waals surface area contributed by atoms with Gasteiger partial charge < -0.3 is 15.6 Å². The van der Waals surface area contributed by atoms with Crippen LogP contribution in [0.4, 0.5) is 0 Å². The van der Waals surface area contributed by atoms with E-state index in [1.54, 1.807) is 6.07 Å². The number of hydrogen-bond donors (Lipinski definition) is 2. The van der Waals surface area contributed by atoms with Crippen LogP contribution in [0, 0.1) is 0 Å². The molecule has 3 rings (SSSR count). The predicted molar refractivity (Wildman–Crippen MR) is 52.8 cm³/mol. The van der Waals surface area contributed by atoms with Crippen molar-refractivity contribution in [2.75, 3.05) is 0 Å². The van der Waals surface area contributed by atoms with Crippen LogP contribution < -0.4 is 10.5 Å². The fraction of sp³-hybridized carbons (Fsp3) is 0.364. The maximum atomic E-state index is 11.2. The largest absolute Gasteiger partial charge is 0.508 e. The molecule has 1 aliphatic heterocycles. The maximum absolute atomic E-state index is 11.2. The van der Waals surface area contributed by atoms with Gasteiger partial charge >= 0.3 is 5.97 Å². The molecule has 0 saturated heterocycles. The quantitative estimate of drug-likeness (QED) is 0.471. The number of hydrogen-bond acceptors (Lipinski definition) is 4. The van der Waals surface area contributed by atoms with E-state index in [0.29, 0.717) is 18.6 Å². The van der Waals surface area contributed by atoms with E-state index in [1.807, 2.05) is 0 Å². The second-order valence-corrected chi connectivity index (χ2v) is 4.16. The minimum atomic E-state index is -0.252. The Bertz CT molecular complexity index is 467. The van der Waals surface area contributed by atoms with Crippen LogP contribution in [0.25, 0.3) is 0 Å². The third-order valence-electron chi connectivity index (χ3n) is 3.03.